The van der Waals surface area contributed by atoms with Crippen molar-refractivity contribution in [1.82, 2.24) is 15.6 Å². The van der Waals surface area contributed by atoms with Gasteiger partial charge in [-0.1, -0.05) is 32.0 Å². The summed E-state index contributed by atoms with van der Waals surface area (Å²) in [7, 11) is 0. The molecule has 0 radical (unpaired) electrons. The maximum absolute atomic E-state index is 5.92. The van der Waals surface area contributed by atoms with Gasteiger partial charge < -0.3 is 15.4 Å². The first-order valence-electron chi connectivity index (χ1n) is 9.22. The lowest BCUT2D eigenvalue weighted by Crippen LogP contribution is -2.38. The van der Waals surface area contributed by atoms with Gasteiger partial charge in [0.2, 0.25) is 0 Å². The number of aromatic nitrogens is 1. The molecule has 1 heterocycles. The Hall–Kier alpha value is -1.35. The highest BCUT2D eigenvalue weighted by Gasteiger charge is 2.05. The molecular formula is C20H31IN4OS. The SMILES string of the molecule is CCNC(=NCc1ccccc1OCC(C)C)NCCc1ncc(C)s1.I. The molecule has 0 atom stereocenters. The number of aliphatic imine (C=N–C) groups is 1. The van der Waals surface area contributed by atoms with Crippen molar-refractivity contribution in [2.45, 2.75) is 40.7 Å². The van der Waals surface area contributed by atoms with Gasteiger partial charge in [-0.2, -0.15) is 0 Å². The molecule has 0 unspecified atom stereocenters. The number of nitrogens with zero attached hydrogens (tertiary/aromatic N) is 2. The van der Waals surface area contributed by atoms with E-state index in [2.05, 4.69) is 49.4 Å². The summed E-state index contributed by atoms with van der Waals surface area (Å²) in [5, 5.41) is 7.83. The number of para-hydroxylation sites is 1. The molecule has 0 fully saturated rings. The minimum atomic E-state index is 0. The fraction of sp³-hybridized carbons (Fsp3) is 0.500. The summed E-state index contributed by atoms with van der Waals surface area (Å²) in [5.41, 5.74) is 1.10. The normalized spacial score (nSPS) is 11.2. The first kappa shape index (κ1) is 23.7. The summed E-state index contributed by atoms with van der Waals surface area (Å²) in [4.78, 5) is 10.4. The maximum atomic E-state index is 5.92. The molecule has 1 aromatic heterocycles. The third kappa shape index (κ3) is 8.92. The third-order valence-electron chi connectivity index (χ3n) is 3.60. The molecule has 0 spiro atoms. The van der Waals surface area contributed by atoms with Crippen LogP contribution in [0.15, 0.2) is 35.5 Å². The summed E-state index contributed by atoms with van der Waals surface area (Å²) in [5.74, 6) is 2.23. The maximum Gasteiger partial charge on any atom is 0.191 e. The Morgan fingerprint density at radius 3 is 2.70 bits per heavy atom. The molecule has 2 rings (SSSR count). The van der Waals surface area contributed by atoms with Crippen LogP contribution in [0.2, 0.25) is 0 Å². The Bertz CT molecular complexity index is 703. The van der Waals surface area contributed by atoms with Crippen molar-refractivity contribution in [3.05, 3.63) is 45.9 Å². The Morgan fingerprint density at radius 2 is 2.04 bits per heavy atom. The minimum Gasteiger partial charge on any atom is -0.493 e. The number of hydrogen-bond acceptors (Lipinski definition) is 4. The summed E-state index contributed by atoms with van der Waals surface area (Å²) in [6.45, 7) is 11.4. The van der Waals surface area contributed by atoms with Gasteiger partial charge in [-0.3, -0.25) is 0 Å². The first-order chi connectivity index (χ1) is 12.6. The van der Waals surface area contributed by atoms with E-state index in [0.717, 1.165) is 41.8 Å². The molecule has 5 nitrogen and oxygen atoms in total. The summed E-state index contributed by atoms with van der Waals surface area (Å²) >= 11 is 1.74. The van der Waals surface area contributed by atoms with E-state index in [1.807, 2.05) is 24.4 Å². The fourth-order valence-corrected chi connectivity index (χ4v) is 3.13. The van der Waals surface area contributed by atoms with Crippen molar-refractivity contribution in [2.24, 2.45) is 10.9 Å². The molecule has 2 aromatic rings. The summed E-state index contributed by atoms with van der Waals surface area (Å²) < 4.78 is 5.92. The zero-order valence-electron chi connectivity index (χ0n) is 16.6. The van der Waals surface area contributed by atoms with Crippen molar-refractivity contribution < 1.29 is 4.74 Å². The van der Waals surface area contributed by atoms with Crippen molar-refractivity contribution in [3.8, 4) is 5.75 Å². The largest absolute Gasteiger partial charge is 0.493 e. The molecule has 1 aromatic carbocycles. The molecule has 2 N–H and O–H groups in total. The second kappa shape index (κ2) is 12.9. The van der Waals surface area contributed by atoms with Gasteiger partial charge in [0.05, 0.1) is 18.2 Å². The molecule has 0 aliphatic rings. The average Bonchev–Trinajstić information content (AvgIpc) is 3.03. The van der Waals surface area contributed by atoms with Crippen LogP contribution in [0.3, 0.4) is 0 Å². The van der Waals surface area contributed by atoms with Gasteiger partial charge in [0.25, 0.3) is 0 Å². The van der Waals surface area contributed by atoms with E-state index >= 15 is 0 Å². The number of aryl methyl sites for hydroxylation is 1. The lowest BCUT2D eigenvalue weighted by molar-refractivity contribution is 0.268. The quantitative estimate of drug-likeness (QED) is 0.303. The number of ether oxygens (including phenoxy) is 1. The second-order valence-electron chi connectivity index (χ2n) is 6.55. The minimum absolute atomic E-state index is 0. The topological polar surface area (TPSA) is 58.5 Å². The van der Waals surface area contributed by atoms with E-state index < -0.39 is 0 Å². The van der Waals surface area contributed by atoms with E-state index in [-0.39, 0.29) is 24.0 Å². The molecule has 0 bridgehead atoms. The Morgan fingerprint density at radius 1 is 1.26 bits per heavy atom. The molecule has 150 valence electrons. The number of thiazole rings is 1. The Labute approximate surface area is 184 Å². The number of rotatable bonds is 9. The smallest absolute Gasteiger partial charge is 0.191 e. The van der Waals surface area contributed by atoms with Crippen LogP contribution in [0.4, 0.5) is 0 Å². The van der Waals surface area contributed by atoms with E-state index in [1.54, 1.807) is 11.3 Å². The number of hydrogen-bond donors (Lipinski definition) is 2. The molecule has 0 aliphatic heterocycles. The standard InChI is InChI=1S/C20H30N4OS.HI/c1-5-21-20(22-11-10-19-23-12-16(4)26-19)24-13-17-8-6-7-9-18(17)25-14-15(2)3;/h6-9,12,15H,5,10-11,13-14H2,1-4H3,(H2,21,22,24);1H. The lowest BCUT2D eigenvalue weighted by atomic mass is 10.2. The van der Waals surface area contributed by atoms with Crippen LogP contribution in [-0.2, 0) is 13.0 Å². The third-order valence-corrected chi connectivity index (χ3v) is 4.57. The molecule has 7 heteroatoms. The van der Waals surface area contributed by atoms with Crippen LogP contribution in [-0.4, -0.2) is 30.6 Å². The highest BCUT2D eigenvalue weighted by atomic mass is 127. The van der Waals surface area contributed by atoms with Gasteiger partial charge >= 0.3 is 0 Å². The van der Waals surface area contributed by atoms with Gasteiger partial charge in [0.1, 0.15) is 5.75 Å². The number of nitrogens with one attached hydrogen (secondary N) is 2. The zero-order valence-corrected chi connectivity index (χ0v) is 19.8. The Kier molecular flexibility index (Phi) is 11.3. The highest BCUT2D eigenvalue weighted by molar-refractivity contribution is 14.0. The second-order valence-corrected chi connectivity index (χ2v) is 7.87. The van der Waals surface area contributed by atoms with Gasteiger partial charge in [-0.25, -0.2) is 9.98 Å². The Balaban J connectivity index is 0.00000364. The van der Waals surface area contributed by atoms with Crippen LogP contribution < -0.4 is 15.4 Å². The van der Waals surface area contributed by atoms with E-state index in [0.29, 0.717) is 19.1 Å². The predicted molar refractivity (Wildman–Crippen MR) is 126 cm³/mol. The summed E-state index contributed by atoms with van der Waals surface area (Å²) in [6, 6.07) is 8.11. The van der Waals surface area contributed by atoms with Gasteiger partial charge in [-0.15, -0.1) is 35.3 Å². The van der Waals surface area contributed by atoms with Crippen LogP contribution >= 0.6 is 35.3 Å². The van der Waals surface area contributed by atoms with Gasteiger partial charge in [-0.05, 0) is 25.8 Å². The van der Waals surface area contributed by atoms with Crippen LogP contribution in [0.1, 0.15) is 36.2 Å². The number of benzene rings is 1. The van der Waals surface area contributed by atoms with Gasteiger partial charge in [0, 0.05) is 36.1 Å². The van der Waals surface area contributed by atoms with Crippen LogP contribution in [0.25, 0.3) is 0 Å². The zero-order chi connectivity index (χ0) is 18.8. The average molecular weight is 502 g/mol. The number of halogens is 1. The van der Waals surface area contributed by atoms with Crippen LogP contribution in [0, 0.1) is 12.8 Å². The fourth-order valence-electron chi connectivity index (χ4n) is 2.34. The molecule has 0 aliphatic carbocycles. The van der Waals surface area contributed by atoms with Gasteiger partial charge in [0.15, 0.2) is 5.96 Å². The molecule has 0 saturated carbocycles. The predicted octanol–water partition coefficient (Wildman–Crippen LogP) is 4.40. The molecule has 0 amide bonds. The van der Waals surface area contributed by atoms with Crippen molar-refractivity contribution >= 4 is 41.3 Å². The highest BCUT2D eigenvalue weighted by Crippen LogP contribution is 2.19. The first-order valence-corrected chi connectivity index (χ1v) is 10.0. The van der Waals surface area contributed by atoms with Crippen molar-refractivity contribution in [2.75, 3.05) is 19.7 Å². The van der Waals surface area contributed by atoms with E-state index in [1.165, 1.54) is 4.88 Å². The summed E-state index contributed by atoms with van der Waals surface area (Å²) in [6.07, 6.45) is 2.82. The monoisotopic (exact) mass is 502 g/mol. The van der Waals surface area contributed by atoms with Crippen molar-refractivity contribution in [1.29, 1.82) is 0 Å². The van der Waals surface area contributed by atoms with E-state index in [4.69, 9.17) is 9.73 Å². The van der Waals surface area contributed by atoms with Crippen LogP contribution in [0.5, 0.6) is 5.75 Å². The molecule has 27 heavy (non-hydrogen) atoms. The molecule has 0 saturated heterocycles. The lowest BCUT2D eigenvalue weighted by Gasteiger charge is -2.13. The van der Waals surface area contributed by atoms with Crippen molar-refractivity contribution in [3.63, 3.8) is 0 Å². The number of guanidine groups is 1. The van der Waals surface area contributed by atoms with E-state index in [9.17, 15) is 0 Å². The molecular weight excluding hydrogens is 471 g/mol.